The highest BCUT2D eigenvalue weighted by Crippen LogP contribution is 2.36. The minimum Gasteiger partial charge on any atom is -0.377 e. The zero-order chi connectivity index (χ0) is 12.6. The summed E-state index contributed by atoms with van der Waals surface area (Å²) in [6.07, 6.45) is 0. The number of anilines is 2. The Morgan fingerprint density at radius 1 is 0.882 bits per heavy atom. The Balaban J connectivity index is 2.89. The molecule has 0 aliphatic heterocycles. The molecule has 2 aromatic carbocycles. The first-order valence-corrected chi connectivity index (χ1v) is 6.66. The van der Waals surface area contributed by atoms with Gasteiger partial charge < -0.3 is 9.80 Å². The lowest BCUT2D eigenvalue weighted by Crippen LogP contribution is -2.14. The van der Waals surface area contributed by atoms with Crippen LogP contribution >= 0.6 is 22.6 Å². The van der Waals surface area contributed by atoms with Gasteiger partial charge in [0.25, 0.3) is 0 Å². The largest absolute Gasteiger partial charge is 0.377 e. The number of benzene rings is 2. The molecule has 3 heteroatoms. The van der Waals surface area contributed by atoms with Crippen LogP contribution in [0.5, 0.6) is 0 Å². The number of nitrogens with zero attached hydrogens (tertiary/aromatic N) is 2. The van der Waals surface area contributed by atoms with E-state index >= 15 is 0 Å². The SMILES string of the molecule is CN(C)c1cccc2ccc(I)c(N(C)C)c12. The standard InChI is InChI=1S/C14H17IN2/c1-16(2)12-7-5-6-10-8-9-11(15)14(13(10)12)17(3)4/h5-9H,1-4H3. The Hall–Kier alpha value is -0.970. The van der Waals surface area contributed by atoms with Gasteiger partial charge in [-0.2, -0.15) is 0 Å². The third-order valence-electron chi connectivity index (χ3n) is 2.88. The van der Waals surface area contributed by atoms with Gasteiger partial charge in [-0.1, -0.05) is 18.2 Å². The fourth-order valence-electron chi connectivity index (χ4n) is 2.13. The fraction of sp³-hybridized carbons (Fsp3) is 0.286. The molecule has 0 unspecified atom stereocenters. The van der Waals surface area contributed by atoms with Crippen molar-refractivity contribution in [3.05, 3.63) is 33.9 Å². The number of halogens is 1. The first-order valence-electron chi connectivity index (χ1n) is 5.58. The molecule has 0 amide bonds. The molecule has 0 saturated carbocycles. The van der Waals surface area contributed by atoms with Crippen molar-refractivity contribution in [2.45, 2.75) is 0 Å². The molecule has 90 valence electrons. The quantitative estimate of drug-likeness (QED) is 0.771. The minimum atomic E-state index is 1.27. The van der Waals surface area contributed by atoms with Gasteiger partial charge in [0.05, 0.1) is 5.69 Å². The van der Waals surface area contributed by atoms with Gasteiger partial charge in [-0.3, -0.25) is 0 Å². The van der Waals surface area contributed by atoms with Gasteiger partial charge in [0.15, 0.2) is 0 Å². The van der Waals surface area contributed by atoms with Crippen molar-refractivity contribution in [3.8, 4) is 0 Å². The predicted molar refractivity (Wildman–Crippen MR) is 85.3 cm³/mol. The van der Waals surface area contributed by atoms with E-state index in [0.29, 0.717) is 0 Å². The van der Waals surface area contributed by atoms with Crippen LogP contribution in [0.4, 0.5) is 11.4 Å². The molecule has 0 fully saturated rings. The average Bonchev–Trinajstić information content (AvgIpc) is 2.27. The number of fused-ring (bicyclic) bond motifs is 1. The van der Waals surface area contributed by atoms with Gasteiger partial charge in [-0.15, -0.1) is 0 Å². The topological polar surface area (TPSA) is 6.48 Å². The second kappa shape index (κ2) is 4.72. The van der Waals surface area contributed by atoms with Crippen LogP contribution in [0.2, 0.25) is 0 Å². The summed E-state index contributed by atoms with van der Waals surface area (Å²) in [7, 11) is 8.38. The lowest BCUT2D eigenvalue weighted by atomic mass is 10.1. The third-order valence-corrected chi connectivity index (χ3v) is 3.75. The summed E-state index contributed by atoms with van der Waals surface area (Å²) in [5.74, 6) is 0. The van der Waals surface area contributed by atoms with E-state index in [2.05, 4.69) is 90.9 Å². The van der Waals surface area contributed by atoms with Crippen molar-refractivity contribution < 1.29 is 0 Å². The smallest absolute Gasteiger partial charge is 0.0597 e. The summed E-state index contributed by atoms with van der Waals surface area (Å²) < 4.78 is 1.29. The zero-order valence-electron chi connectivity index (χ0n) is 10.7. The van der Waals surface area contributed by atoms with Crippen molar-refractivity contribution in [2.75, 3.05) is 38.0 Å². The van der Waals surface area contributed by atoms with Crippen molar-refractivity contribution in [1.82, 2.24) is 0 Å². The van der Waals surface area contributed by atoms with Crippen LogP contribution in [0.1, 0.15) is 0 Å². The minimum absolute atomic E-state index is 1.27. The van der Waals surface area contributed by atoms with Gasteiger partial charge in [-0.25, -0.2) is 0 Å². The maximum Gasteiger partial charge on any atom is 0.0597 e. The van der Waals surface area contributed by atoms with Crippen molar-refractivity contribution in [1.29, 1.82) is 0 Å². The van der Waals surface area contributed by atoms with Crippen molar-refractivity contribution in [2.24, 2.45) is 0 Å². The van der Waals surface area contributed by atoms with Gasteiger partial charge in [0.1, 0.15) is 0 Å². The van der Waals surface area contributed by atoms with Gasteiger partial charge in [0.2, 0.25) is 0 Å². The summed E-state index contributed by atoms with van der Waals surface area (Å²) in [5, 5.41) is 2.62. The maximum absolute atomic E-state index is 2.40. The Labute approximate surface area is 116 Å². The van der Waals surface area contributed by atoms with Crippen LogP contribution in [0.15, 0.2) is 30.3 Å². The second-order valence-electron chi connectivity index (χ2n) is 4.56. The summed E-state index contributed by atoms with van der Waals surface area (Å²) in [4.78, 5) is 4.36. The zero-order valence-corrected chi connectivity index (χ0v) is 12.8. The molecule has 0 spiro atoms. The highest BCUT2D eigenvalue weighted by Gasteiger charge is 2.12. The van der Waals surface area contributed by atoms with Gasteiger partial charge in [0, 0.05) is 42.8 Å². The molecule has 0 aromatic heterocycles. The molecule has 17 heavy (non-hydrogen) atoms. The average molecular weight is 340 g/mol. The molecule has 0 heterocycles. The summed E-state index contributed by atoms with van der Waals surface area (Å²) >= 11 is 2.40. The first kappa shape index (κ1) is 12.5. The second-order valence-corrected chi connectivity index (χ2v) is 5.72. The number of hydrogen-bond donors (Lipinski definition) is 0. The number of hydrogen-bond acceptors (Lipinski definition) is 2. The molecule has 0 bridgehead atoms. The molecule has 0 atom stereocenters. The van der Waals surface area contributed by atoms with E-state index in [1.807, 2.05) is 0 Å². The van der Waals surface area contributed by atoms with Gasteiger partial charge >= 0.3 is 0 Å². The maximum atomic E-state index is 2.40. The van der Waals surface area contributed by atoms with Crippen LogP contribution in [0, 0.1) is 3.57 Å². The normalized spacial score (nSPS) is 10.6. The van der Waals surface area contributed by atoms with Crippen molar-refractivity contribution >= 4 is 44.7 Å². The van der Waals surface area contributed by atoms with Crippen LogP contribution in [-0.2, 0) is 0 Å². The molecule has 0 N–H and O–H groups in total. The molecule has 2 aromatic rings. The lowest BCUT2D eigenvalue weighted by Gasteiger charge is -2.22. The van der Waals surface area contributed by atoms with Crippen LogP contribution in [0.25, 0.3) is 10.8 Å². The van der Waals surface area contributed by atoms with E-state index in [-0.39, 0.29) is 0 Å². The van der Waals surface area contributed by atoms with E-state index in [1.54, 1.807) is 0 Å². The molecular weight excluding hydrogens is 323 g/mol. The summed E-state index contributed by atoms with van der Waals surface area (Å²) in [6, 6.07) is 10.8. The van der Waals surface area contributed by atoms with Crippen LogP contribution < -0.4 is 9.80 Å². The lowest BCUT2D eigenvalue weighted by molar-refractivity contribution is 1.12. The van der Waals surface area contributed by atoms with Crippen molar-refractivity contribution in [3.63, 3.8) is 0 Å². The Bertz CT molecular complexity index is 547. The molecular formula is C14H17IN2. The van der Waals surface area contributed by atoms with Crippen LogP contribution in [-0.4, -0.2) is 28.2 Å². The number of rotatable bonds is 2. The first-order chi connectivity index (χ1) is 8.02. The summed E-state index contributed by atoms with van der Waals surface area (Å²) in [5.41, 5.74) is 2.57. The van der Waals surface area contributed by atoms with E-state index in [9.17, 15) is 0 Å². The molecule has 0 aliphatic carbocycles. The highest BCUT2D eigenvalue weighted by atomic mass is 127. The van der Waals surface area contributed by atoms with E-state index in [4.69, 9.17) is 0 Å². The molecule has 2 nitrogen and oxygen atoms in total. The molecule has 0 saturated heterocycles. The monoisotopic (exact) mass is 340 g/mol. The molecule has 0 radical (unpaired) electrons. The summed E-state index contributed by atoms with van der Waals surface area (Å²) in [6.45, 7) is 0. The van der Waals surface area contributed by atoms with E-state index in [1.165, 1.54) is 25.7 Å². The Morgan fingerprint density at radius 3 is 2.18 bits per heavy atom. The van der Waals surface area contributed by atoms with E-state index in [0.717, 1.165) is 0 Å². The fourth-order valence-corrected chi connectivity index (χ4v) is 3.06. The Kier molecular flexibility index (Phi) is 3.47. The van der Waals surface area contributed by atoms with Gasteiger partial charge in [-0.05, 0) is 40.1 Å². The van der Waals surface area contributed by atoms with E-state index < -0.39 is 0 Å². The highest BCUT2D eigenvalue weighted by molar-refractivity contribution is 14.1. The molecule has 0 aliphatic rings. The predicted octanol–water partition coefficient (Wildman–Crippen LogP) is 3.58. The third kappa shape index (κ3) is 2.20. The van der Waals surface area contributed by atoms with Crippen LogP contribution in [0.3, 0.4) is 0 Å². The Morgan fingerprint density at radius 2 is 1.59 bits per heavy atom. The molecule has 2 rings (SSSR count).